The Kier molecular flexibility index (Phi) is 4.87. The molecule has 0 unspecified atom stereocenters. The Balaban J connectivity index is 1.44. The van der Waals surface area contributed by atoms with E-state index in [1.807, 2.05) is 0 Å². The van der Waals surface area contributed by atoms with Crippen molar-refractivity contribution in [2.45, 2.75) is 38.1 Å². The number of pyridine rings is 2. The number of hydrogen-bond donors (Lipinski definition) is 1. The monoisotopic (exact) mass is 453 g/mol. The van der Waals surface area contributed by atoms with Gasteiger partial charge in [0.1, 0.15) is 5.82 Å². The maximum atomic E-state index is 5.17. The van der Waals surface area contributed by atoms with Gasteiger partial charge in [0, 0.05) is 22.4 Å². The van der Waals surface area contributed by atoms with Crippen LogP contribution in [0.2, 0.25) is 0 Å². The van der Waals surface area contributed by atoms with Crippen molar-refractivity contribution < 1.29 is 0 Å². The van der Waals surface area contributed by atoms with Crippen LogP contribution in [0.3, 0.4) is 0 Å². The minimum absolute atomic E-state index is 0.470. The van der Waals surface area contributed by atoms with Gasteiger partial charge in [-0.1, -0.05) is 86.0 Å². The van der Waals surface area contributed by atoms with Crippen LogP contribution in [-0.4, -0.2) is 16.0 Å². The highest BCUT2D eigenvalue weighted by Gasteiger charge is 2.18. The lowest BCUT2D eigenvalue weighted by atomic mass is 9.95. The van der Waals surface area contributed by atoms with Gasteiger partial charge < -0.3 is 5.32 Å². The van der Waals surface area contributed by atoms with Crippen molar-refractivity contribution in [2.75, 3.05) is 5.32 Å². The SMILES string of the molecule is c1ccc2c(c1)ccc1nc(-c3cc4c(ccc5ccccc54)nc3NC3CCCCC3)ccc12. The van der Waals surface area contributed by atoms with Crippen LogP contribution in [0.15, 0.2) is 91.0 Å². The van der Waals surface area contributed by atoms with E-state index in [0.717, 1.165) is 28.1 Å². The first kappa shape index (κ1) is 20.4. The molecule has 0 radical (unpaired) electrons. The second-order valence-electron chi connectivity index (χ2n) is 9.77. The lowest BCUT2D eigenvalue weighted by Gasteiger charge is -2.25. The molecule has 1 N–H and O–H groups in total. The molecule has 0 bridgehead atoms. The van der Waals surface area contributed by atoms with Crippen molar-refractivity contribution in [1.29, 1.82) is 0 Å². The Bertz CT molecular complexity index is 1710. The molecule has 2 aromatic heterocycles. The Morgan fingerprint density at radius 1 is 0.571 bits per heavy atom. The summed E-state index contributed by atoms with van der Waals surface area (Å²) in [6, 6.07) is 32.9. The van der Waals surface area contributed by atoms with Crippen LogP contribution >= 0.6 is 0 Å². The fourth-order valence-electron chi connectivity index (χ4n) is 5.71. The van der Waals surface area contributed by atoms with Gasteiger partial charge in [0.15, 0.2) is 0 Å². The number of aromatic nitrogens is 2. The van der Waals surface area contributed by atoms with E-state index in [4.69, 9.17) is 9.97 Å². The molecular weight excluding hydrogens is 426 g/mol. The molecule has 6 aromatic rings. The van der Waals surface area contributed by atoms with E-state index in [1.54, 1.807) is 0 Å². The second kappa shape index (κ2) is 8.35. The van der Waals surface area contributed by atoms with Crippen LogP contribution in [0.25, 0.3) is 54.6 Å². The highest BCUT2D eigenvalue weighted by atomic mass is 15.0. The molecule has 1 saturated carbocycles. The highest BCUT2D eigenvalue weighted by molar-refractivity contribution is 6.09. The lowest BCUT2D eigenvalue weighted by Crippen LogP contribution is -2.23. The first-order valence-electron chi connectivity index (χ1n) is 12.7. The summed E-state index contributed by atoms with van der Waals surface area (Å²) in [5.74, 6) is 0.951. The number of hydrogen-bond acceptors (Lipinski definition) is 3. The van der Waals surface area contributed by atoms with Crippen molar-refractivity contribution in [1.82, 2.24) is 9.97 Å². The lowest BCUT2D eigenvalue weighted by molar-refractivity contribution is 0.462. The van der Waals surface area contributed by atoms with Crippen molar-refractivity contribution in [3.8, 4) is 11.3 Å². The molecule has 1 fully saturated rings. The summed E-state index contributed by atoms with van der Waals surface area (Å²) in [7, 11) is 0. The van der Waals surface area contributed by atoms with Gasteiger partial charge in [-0.15, -0.1) is 0 Å². The van der Waals surface area contributed by atoms with Crippen LogP contribution in [0.5, 0.6) is 0 Å². The van der Waals surface area contributed by atoms with Crippen molar-refractivity contribution in [2.24, 2.45) is 0 Å². The molecule has 2 heterocycles. The number of nitrogens with zero attached hydrogens (tertiary/aromatic N) is 2. The number of anilines is 1. The van der Waals surface area contributed by atoms with Crippen molar-refractivity contribution >= 4 is 49.2 Å². The minimum atomic E-state index is 0.470. The van der Waals surface area contributed by atoms with E-state index < -0.39 is 0 Å². The first-order chi connectivity index (χ1) is 17.3. The van der Waals surface area contributed by atoms with Crippen LogP contribution in [0.4, 0.5) is 5.82 Å². The number of fused-ring (bicyclic) bond motifs is 6. The van der Waals surface area contributed by atoms with Gasteiger partial charge in [-0.3, -0.25) is 0 Å². The molecule has 1 aliphatic rings. The molecule has 0 spiro atoms. The Hall–Kier alpha value is -3.98. The summed E-state index contributed by atoms with van der Waals surface area (Å²) in [4.78, 5) is 10.3. The summed E-state index contributed by atoms with van der Waals surface area (Å²) >= 11 is 0. The van der Waals surface area contributed by atoms with Crippen LogP contribution < -0.4 is 5.32 Å². The standard InChI is InChI=1S/C32H27N3/c1-2-10-23(11-3-1)33-32-28(20-27-25-13-7-5-9-22(25)15-18-30(27)35-32)31-19-16-26-24-12-6-4-8-21(24)14-17-29(26)34-31/h4-9,12-20,23H,1-3,10-11H2,(H,33,35). The van der Waals surface area contributed by atoms with E-state index in [1.165, 1.54) is 64.4 Å². The Morgan fingerprint density at radius 3 is 1.97 bits per heavy atom. The normalized spacial score (nSPS) is 14.7. The fraction of sp³-hybridized carbons (Fsp3) is 0.188. The molecule has 3 nitrogen and oxygen atoms in total. The molecule has 1 aliphatic carbocycles. The maximum Gasteiger partial charge on any atom is 0.136 e. The summed E-state index contributed by atoms with van der Waals surface area (Å²) < 4.78 is 0. The summed E-state index contributed by atoms with van der Waals surface area (Å²) in [5, 5.41) is 11.1. The fourth-order valence-corrected chi connectivity index (χ4v) is 5.71. The van der Waals surface area contributed by atoms with E-state index in [0.29, 0.717) is 6.04 Å². The third-order valence-electron chi connectivity index (χ3n) is 7.54. The van der Waals surface area contributed by atoms with E-state index >= 15 is 0 Å². The maximum absolute atomic E-state index is 5.17. The number of benzene rings is 4. The topological polar surface area (TPSA) is 37.8 Å². The van der Waals surface area contributed by atoms with Gasteiger partial charge in [0.25, 0.3) is 0 Å². The van der Waals surface area contributed by atoms with Crippen LogP contribution in [0, 0.1) is 0 Å². The molecule has 35 heavy (non-hydrogen) atoms. The largest absolute Gasteiger partial charge is 0.367 e. The molecule has 4 aromatic carbocycles. The molecular formula is C32H27N3. The zero-order chi connectivity index (χ0) is 23.2. The summed E-state index contributed by atoms with van der Waals surface area (Å²) in [6.07, 6.45) is 6.31. The molecule has 0 aliphatic heterocycles. The third kappa shape index (κ3) is 3.59. The van der Waals surface area contributed by atoms with E-state index in [9.17, 15) is 0 Å². The highest BCUT2D eigenvalue weighted by Crippen LogP contribution is 2.35. The van der Waals surface area contributed by atoms with Crippen molar-refractivity contribution in [3.05, 3.63) is 91.0 Å². The van der Waals surface area contributed by atoms with Gasteiger partial charge in [-0.25, -0.2) is 9.97 Å². The molecule has 3 heteroatoms. The zero-order valence-corrected chi connectivity index (χ0v) is 19.7. The average Bonchev–Trinajstić information content (AvgIpc) is 2.93. The molecule has 0 atom stereocenters. The van der Waals surface area contributed by atoms with E-state index in [-0.39, 0.29) is 0 Å². The Labute approximate surface area is 204 Å². The van der Waals surface area contributed by atoms with Gasteiger partial charge >= 0.3 is 0 Å². The number of nitrogens with one attached hydrogen (secondary N) is 1. The quantitative estimate of drug-likeness (QED) is 0.273. The first-order valence-corrected chi connectivity index (χ1v) is 12.7. The van der Waals surface area contributed by atoms with Gasteiger partial charge in [-0.2, -0.15) is 0 Å². The predicted molar refractivity (Wildman–Crippen MR) is 148 cm³/mol. The Morgan fingerprint density at radius 2 is 1.23 bits per heavy atom. The molecule has 170 valence electrons. The van der Waals surface area contributed by atoms with Crippen LogP contribution in [-0.2, 0) is 0 Å². The number of rotatable bonds is 3. The minimum Gasteiger partial charge on any atom is -0.367 e. The van der Waals surface area contributed by atoms with Gasteiger partial charge in [0.05, 0.1) is 16.7 Å². The summed E-state index contributed by atoms with van der Waals surface area (Å²) in [5.41, 5.74) is 4.09. The molecule has 0 amide bonds. The second-order valence-corrected chi connectivity index (χ2v) is 9.77. The van der Waals surface area contributed by atoms with E-state index in [2.05, 4.69) is 96.3 Å². The molecule has 7 rings (SSSR count). The molecule has 0 saturated heterocycles. The third-order valence-corrected chi connectivity index (χ3v) is 7.54. The average molecular weight is 454 g/mol. The summed E-state index contributed by atoms with van der Waals surface area (Å²) in [6.45, 7) is 0. The smallest absolute Gasteiger partial charge is 0.136 e. The zero-order valence-electron chi connectivity index (χ0n) is 19.7. The van der Waals surface area contributed by atoms with Crippen LogP contribution in [0.1, 0.15) is 32.1 Å². The predicted octanol–water partition coefficient (Wildman–Crippen LogP) is 8.50. The van der Waals surface area contributed by atoms with Gasteiger partial charge in [-0.05, 0) is 58.7 Å². The van der Waals surface area contributed by atoms with Gasteiger partial charge in [0.2, 0.25) is 0 Å². The van der Waals surface area contributed by atoms with Crippen molar-refractivity contribution in [3.63, 3.8) is 0 Å².